The molecule has 1 aliphatic carbocycles. The quantitative estimate of drug-likeness (QED) is 0.830. The number of amides is 1. The Labute approximate surface area is 148 Å². The molecule has 1 saturated carbocycles. The Bertz CT molecular complexity index is 687. The monoisotopic (exact) mass is 344 g/mol. The van der Waals surface area contributed by atoms with Gasteiger partial charge in [-0.25, -0.2) is 4.79 Å². The van der Waals surface area contributed by atoms with E-state index in [-0.39, 0.29) is 5.56 Å². The largest absolute Gasteiger partial charge is 0.496 e. The number of nitriles is 1. The fourth-order valence-corrected chi connectivity index (χ4v) is 3.02. The minimum Gasteiger partial charge on any atom is -0.496 e. The van der Waals surface area contributed by atoms with Crippen LogP contribution in [0.1, 0.15) is 54.9 Å². The van der Waals surface area contributed by atoms with E-state index < -0.39 is 23.5 Å². The smallest absolute Gasteiger partial charge is 0.342 e. The Morgan fingerprint density at radius 2 is 1.96 bits per heavy atom. The standard InChI is InChI=1S/C19H24N2O4/c1-13-7-8-16(24-3)15(11-13)18(23)25-14(2)17(22)21-19(12-20)9-5-4-6-10-19/h7-8,11,14H,4-6,9-10H2,1-3H3,(H,21,22)/t14-/m0/s1. The Morgan fingerprint density at radius 3 is 2.56 bits per heavy atom. The van der Waals surface area contributed by atoms with Gasteiger partial charge in [0.2, 0.25) is 0 Å². The zero-order valence-electron chi connectivity index (χ0n) is 14.9. The van der Waals surface area contributed by atoms with Crippen molar-refractivity contribution in [2.75, 3.05) is 7.11 Å². The average molecular weight is 344 g/mol. The predicted octanol–water partition coefficient (Wildman–Crippen LogP) is 2.89. The van der Waals surface area contributed by atoms with Gasteiger partial charge in [-0.05, 0) is 38.8 Å². The van der Waals surface area contributed by atoms with E-state index in [1.165, 1.54) is 14.0 Å². The Morgan fingerprint density at radius 1 is 1.28 bits per heavy atom. The lowest BCUT2D eigenvalue weighted by atomic mass is 9.83. The molecule has 0 bridgehead atoms. The third-order valence-corrected chi connectivity index (χ3v) is 4.51. The molecule has 25 heavy (non-hydrogen) atoms. The summed E-state index contributed by atoms with van der Waals surface area (Å²) in [5, 5.41) is 12.2. The van der Waals surface area contributed by atoms with Crippen LogP contribution in [0.25, 0.3) is 0 Å². The average Bonchev–Trinajstić information content (AvgIpc) is 2.62. The van der Waals surface area contributed by atoms with Crippen molar-refractivity contribution in [2.24, 2.45) is 0 Å². The molecule has 1 aliphatic rings. The molecule has 1 aromatic carbocycles. The maximum Gasteiger partial charge on any atom is 0.342 e. The third-order valence-electron chi connectivity index (χ3n) is 4.51. The molecule has 0 saturated heterocycles. The summed E-state index contributed by atoms with van der Waals surface area (Å²) in [5.74, 6) is -0.690. The van der Waals surface area contributed by atoms with E-state index in [1.807, 2.05) is 13.0 Å². The first-order valence-corrected chi connectivity index (χ1v) is 8.50. The zero-order valence-corrected chi connectivity index (χ0v) is 14.9. The Kier molecular flexibility index (Phi) is 6.02. The lowest BCUT2D eigenvalue weighted by Gasteiger charge is -2.32. The highest BCUT2D eigenvalue weighted by atomic mass is 16.5. The van der Waals surface area contributed by atoms with Crippen molar-refractivity contribution in [3.63, 3.8) is 0 Å². The van der Waals surface area contributed by atoms with E-state index in [4.69, 9.17) is 9.47 Å². The molecule has 1 amide bonds. The second-order valence-electron chi connectivity index (χ2n) is 6.50. The van der Waals surface area contributed by atoms with Crippen molar-refractivity contribution in [3.8, 4) is 11.8 Å². The molecule has 6 nitrogen and oxygen atoms in total. The van der Waals surface area contributed by atoms with Crippen molar-refractivity contribution >= 4 is 11.9 Å². The third kappa shape index (κ3) is 4.50. The number of nitrogens with one attached hydrogen (secondary N) is 1. The summed E-state index contributed by atoms with van der Waals surface area (Å²) in [5.41, 5.74) is 0.308. The summed E-state index contributed by atoms with van der Waals surface area (Å²) < 4.78 is 10.5. The number of hydrogen-bond donors (Lipinski definition) is 1. The van der Waals surface area contributed by atoms with Gasteiger partial charge in [-0.1, -0.05) is 30.9 Å². The van der Waals surface area contributed by atoms with Crippen LogP contribution >= 0.6 is 0 Å². The first-order valence-electron chi connectivity index (χ1n) is 8.50. The van der Waals surface area contributed by atoms with E-state index in [0.717, 1.165) is 24.8 Å². The van der Waals surface area contributed by atoms with Gasteiger partial charge in [0.15, 0.2) is 6.10 Å². The molecule has 0 unspecified atom stereocenters. The maximum absolute atomic E-state index is 12.4. The Hall–Kier alpha value is -2.55. The maximum atomic E-state index is 12.4. The minimum atomic E-state index is -0.995. The van der Waals surface area contributed by atoms with Gasteiger partial charge < -0.3 is 14.8 Å². The molecular formula is C19H24N2O4. The van der Waals surface area contributed by atoms with Crippen molar-refractivity contribution in [2.45, 2.75) is 57.6 Å². The molecule has 134 valence electrons. The summed E-state index contributed by atoms with van der Waals surface area (Å²) in [6.07, 6.45) is 3.13. The molecular weight excluding hydrogens is 320 g/mol. The summed E-state index contributed by atoms with van der Waals surface area (Å²) >= 11 is 0. The van der Waals surface area contributed by atoms with Crippen molar-refractivity contribution in [1.82, 2.24) is 5.32 Å². The number of nitrogens with zero attached hydrogens (tertiary/aromatic N) is 1. The zero-order chi connectivity index (χ0) is 18.4. The molecule has 0 aromatic heterocycles. The number of aryl methyl sites for hydroxylation is 1. The molecule has 0 radical (unpaired) electrons. The van der Waals surface area contributed by atoms with Crippen LogP contribution in [0, 0.1) is 18.3 Å². The van der Waals surface area contributed by atoms with Gasteiger partial charge >= 0.3 is 5.97 Å². The Balaban J connectivity index is 2.04. The number of hydrogen-bond acceptors (Lipinski definition) is 5. The molecule has 0 heterocycles. The van der Waals surface area contributed by atoms with Gasteiger partial charge in [0, 0.05) is 0 Å². The van der Waals surface area contributed by atoms with E-state index in [0.29, 0.717) is 18.6 Å². The lowest BCUT2D eigenvalue weighted by Crippen LogP contribution is -2.52. The van der Waals surface area contributed by atoms with Gasteiger partial charge in [-0.3, -0.25) is 4.79 Å². The second-order valence-corrected chi connectivity index (χ2v) is 6.50. The normalized spacial score (nSPS) is 17.0. The van der Waals surface area contributed by atoms with Crippen LogP contribution in [0.15, 0.2) is 18.2 Å². The molecule has 1 atom stereocenters. The fourth-order valence-electron chi connectivity index (χ4n) is 3.02. The van der Waals surface area contributed by atoms with Gasteiger partial charge in [0.25, 0.3) is 5.91 Å². The topological polar surface area (TPSA) is 88.4 Å². The van der Waals surface area contributed by atoms with E-state index in [2.05, 4.69) is 11.4 Å². The van der Waals surface area contributed by atoms with E-state index >= 15 is 0 Å². The first kappa shape index (κ1) is 18.8. The van der Waals surface area contributed by atoms with Crippen LogP contribution in [0.5, 0.6) is 5.75 Å². The lowest BCUT2D eigenvalue weighted by molar-refractivity contribution is -0.130. The fraction of sp³-hybridized carbons (Fsp3) is 0.526. The SMILES string of the molecule is COc1ccc(C)cc1C(=O)O[C@@H](C)C(=O)NC1(C#N)CCCCC1. The number of benzene rings is 1. The van der Waals surface area contributed by atoms with Gasteiger partial charge in [0.1, 0.15) is 16.9 Å². The van der Waals surface area contributed by atoms with Gasteiger partial charge in [0.05, 0.1) is 13.2 Å². The minimum absolute atomic E-state index is 0.273. The number of carbonyl (C=O) groups is 2. The second kappa shape index (κ2) is 8.02. The highest BCUT2D eigenvalue weighted by Gasteiger charge is 2.35. The highest BCUT2D eigenvalue weighted by Crippen LogP contribution is 2.28. The molecule has 1 fully saturated rings. The van der Waals surface area contributed by atoms with E-state index in [1.54, 1.807) is 12.1 Å². The molecule has 6 heteroatoms. The van der Waals surface area contributed by atoms with Crippen molar-refractivity contribution < 1.29 is 19.1 Å². The molecule has 1 N–H and O–H groups in total. The molecule has 1 aromatic rings. The molecule has 2 rings (SSSR count). The molecule has 0 aliphatic heterocycles. The number of carbonyl (C=O) groups excluding carboxylic acids is 2. The van der Waals surface area contributed by atoms with Crippen LogP contribution < -0.4 is 10.1 Å². The van der Waals surface area contributed by atoms with Crippen LogP contribution in [0.3, 0.4) is 0 Å². The number of methoxy groups -OCH3 is 1. The summed E-state index contributed by atoms with van der Waals surface area (Å²) in [6.45, 7) is 3.36. The van der Waals surface area contributed by atoms with Gasteiger partial charge in [-0.2, -0.15) is 5.26 Å². The molecule has 0 spiro atoms. The summed E-state index contributed by atoms with van der Waals surface area (Å²) in [7, 11) is 1.47. The van der Waals surface area contributed by atoms with Gasteiger partial charge in [-0.15, -0.1) is 0 Å². The summed E-state index contributed by atoms with van der Waals surface area (Å²) in [6, 6.07) is 7.39. The van der Waals surface area contributed by atoms with Crippen LogP contribution in [-0.4, -0.2) is 30.6 Å². The van der Waals surface area contributed by atoms with Crippen molar-refractivity contribution in [1.29, 1.82) is 5.26 Å². The number of rotatable bonds is 5. The highest BCUT2D eigenvalue weighted by molar-refractivity contribution is 5.95. The van der Waals surface area contributed by atoms with Crippen LogP contribution in [0.2, 0.25) is 0 Å². The van der Waals surface area contributed by atoms with Crippen molar-refractivity contribution in [3.05, 3.63) is 29.3 Å². The number of ether oxygens (including phenoxy) is 2. The van der Waals surface area contributed by atoms with Crippen LogP contribution in [-0.2, 0) is 9.53 Å². The van der Waals surface area contributed by atoms with Crippen LogP contribution in [0.4, 0.5) is 0 Å². The summed E-state index contributed by atoms with van der Waals surface area (Å²) in [4.78, 5) is 24.8. The first-order chi connectivity index (χ1) is 11.9. The predicted molar refractivity (Wildman–Crippen MR) is 92.2 cm³/mol. The number of esters is 1. The van der Waals surface area contributed by atoms with E-state index in [9.17, 15) is 14.9 Å².